The fourth-order valence-corrected chi connectivity index (χ4v) is 2.78. The zero-order valence-corrected chi connectivity index (χ0v) is 16.0. The van der Waals surface area contributed by atoms with Gasteiger partial charge in [0.25, 0.3) is 5.91 Å². The molecule has 0 fully saturated rings. The van der Waals surface area contributed by atoms with Crippen molar-refractivity contribution in [2.45, 2.75) is 20.3 Å². The van der Waals surface area contributed by atoms with Gasteiger partial charge < -0.3 is 10.6 Å². The Labute approximate surface area is 163 Å². The van der Waals surface area contributed by atoms with Crippen molar-refractivity contribution >= 4 is 29.1 Å². The highest BCUT2D eigenvalue weighted by molar-refractivity contribution is 6.30. The quantitative estimate of drug-likeness (QED) is 0.653. The summed E-state index contributed by atoms with van der Waals surface area (Å²) in [6, 6.07) is 13.5. The largest absolute Gasteiger partial charge is 0.354 e. The van der Waals surface area contributed by atoms with Crippen molar-refractivity contribution in [2.24, 2.45) is 0 Å². The molecule has 1 amide bonds. The third-order valence-corrected chi connectivity index (χ3v) is 4.50. The molecule has 0 aliphatic carbocycles. The molecule has 0 unspecified atom stereocenters. The molecule has 0 radical (unpaired) electrons. The van der Waals surface area contributed by atoms with Crippen LogP contribution in [0.5, 0.6) is 0 Å². The van der Waals surface area contributed by atoms with Gasteiger partial charge in [-0.15, -0.1) is 0 Å². The number of nitrogens with one attached hydrogen (secondary N) is 2. The van der Waals surface area contributed by atoms with Gasteiger partial charge in [0.2, 0.25) is 5.95 Å². The Bertz CT molecular complexity index is 941. The van der Waals surface area contributed by atoms with E-state index >= 15 is 0 Å². The van der Waals surface area contributed by atoms with Crippen molar-refractivity contribution in [1.82, 2.24) is 9.97 Å². The lowest BCUT2D eigenvalue weighted by Gasteiger charge is -2.08. The molecule has 138 valence electrons. The molecule has 0 aliphatic rings. The van der Waals surface area contributed by atoms with Crippen LogP contribution in [0.2, 0.25) is 5.02 Å². The van der Waals surface area contributed by atoms with E-state index < -0.39 is 0 Å². The number of nitrogens with zero attached hydrogens (tertiary/aromatic N) is 2. The molecule has 2 N–H and O–H groups in total. The molecule has 0 saturated carbocycles. The maximum absolute atomic E-state index is 12.3. The van der Waals surface area contributed by atoms with Crippen molar-refractivity contribution in [3.8, 4) is 0 Å². The standard InChI is InChI=1S/C21H21ClN4O/c1-14-6-7-19(10-15(14)2)26-20(27)17-12-24-21(25-13-17)23-9-8-16-4-3-5-18(22)11-16/h3-7,10-13H,8-9H2,1-2H3,(H,26,27)(H,23,24,25). The minimum absolute atomic E-state index is 0.233. The number of aryl methyl sites for hydroxylation is 2. The van der Waals surface area contributed by atoms with Crippen molar-refractivity contribution in [3.05, 3.63) is 82.1 Å². The van der Waals surface area contributed by atoms with Crippen LogP contribution in [0, 0.1) is 13.8 Å². The number of halogens is 1. The summed E-state index contributed by atoms with van der Waals surface area (Å²) in [5.41, 5.74) is 4.62. The van der Waals surface area contributed by atoms with E-state index in [9.17, 15) is 4.79 Å². The number of rotatable bonds is 6. The van der Waals surface area contributed by atoms with Gasteiger partial charge in [-0.3, -0.25) is 4.79 Å². The lowest BCUT2D eigenvalue weighted by atomic mass is 10.1. The van der Waals surface area contributed by atoms with Crippen LogP contribution >= 0.6 is 11.6 Å². The van der Waals surface area contributed by atoms with E-state index in [-0.39, 0.29) is 5.91 Å². The van der Waals surface area contributed by atoms with E-state index in [1.165, 1.54) is 18.0 Å². The van der Waals surface area contributed by atoms with E-state index in [1.807, 2.05) is 56.3 Å². The zero-order valence-electron chi connectivity index (χ0n) is 15.3. The highest BCUT2D eigenvalue weighted by atomic mass is 35.5. The lowest BCUT2D eigenvalue weighted by molar-refractivity contribution is 0.102. The van der Waals surface area contributed by atoms with Gasteiger partial charge in [0.15, 0.2) is 0 Å². The molecule has 27 heavy (non-hydrogen) atoms. The number of benzene rings is 2. The Kier molecular flexibility index (Phi) is 6.04. The molecular formula is C21H21ClN4O. The summed E-state index contributed by atoms with van der Waals surface area (Å²) < 4.78 is 0. The summed E-state index contributed by atoms with van der Waals surface area (Å²) in [7, 11) is 0. The highest BCUT2D eigenvalue weighted by Crippen LogP contribution is 2.15. The predicted octanol–water partition coefficient (Wildman–Crippen LogP) is 4.65. The maximum Gasteiger partial charge on any atom is 0.258 e. The minimum atomic E-state index is -0.233. The van der Waals surface area contributed by atoms with Gasteiger partial charge >= 0.3 is 0 Å². The highest BCUT2D eigenvalue weighted by Gasteiger charge is 2.08. The van der Waals surface area contributed by atoms with Gasteiger partial charge in [0.05, 0.1) is 5.56 Å². The zero-order chi connectivity index (χ0) is 19.2. The van der Waals surface area contributed by atoms with E-state index in [0.29, 0.717) is 18.1 Å². The Morgan fingerprint density at radius 1 is 1.04 bits per heavy atom. The van der Waals surface area contributed by atoms with Gasteiger partial charge in [-0.2, -0.15) is 0 Å². The van der Waals surface area contributed by atoms with Crippen LogP contribution in [0.15, 0.2) is 54.9 Å². The fraction of sp³-hybridized carbons (Fsp3) is 0.190. The molecule has 5 nitrogen and oxygen atoms in total. The number of aromatic nitrogens is 2. The molecule has 0 spiro atoms. The molecule has 0 saturated heterocycles. The molecule has 0 aliphatic heterocycles. The average Bonchev–Trinajstić information content (AvgIpc) is 2.65. The molecule has 0 atom stereocenters. The number of hydrogen-bond donors (Lipinski definition) is 2. The predicted molar refractivity (Wildman–Crippen MR) is 110 cm³/mol. The molecule has 1 heterocycles. The van der Waals surface area contributed by atoms with Crippen LogP contribution in [0.25, 0.3) is 0 Å². The first kappa shape index (κ1) is 18.9. The van der Waals surface area contributed by atoms with Gasteiger partial charge in [0.1, 0.15) is 0 Å². The smallest absolute Gasteiger partial charge is 0.258 e. The second-order valence-electron chi connectivity index (χ2n) is 6.36. The van der Waals surface area contributed by atoms with Crippen molar-refractivity contribution in [3.63, 3.8) is 0 Å². The van der Waals surface area contributed by atoms with Crippen LogP contribution in [0.1, 0.15) is 27.0 Å². The van der Waals surface area contributed by atoms with E-state index in [0.717, 1.165) is 28.3 Å². The summed E-state index contributed by atoms with van der Waals surface area (Å²) >= 11 is 5.98. The summed E-state index contributed by atoms with van der Waals surface area (Å²) in [6.45, 7) is 4.72. The first-order valence-electron chi connectivity index (χ1n) is 8.70. The van der Waals surface area contributed by atoms with Crippen LogP contribution in [0.4, 0.5) is 11.6 Å². The Morgan fingerprint density at radius 2 is 1.81 bits per heavy atom. The van der Waals surface area contributed by atoms with Gasteiger partial charge in [-0.25, -0.2) is 9.97 Å². The maximum atomic E-state index is 12.3. The molecule has 3 rings (SSSR count). The number of anilines is 2. The normalized spacial score (nSPS) is 10.5. The third-order valence-electron chi connectivity index (χ3n) is 4.26. The Balaban J connectivity index is 1.54. The van der Waals surface area contributed by atoms with E-state index in [1.54, 1.807) is 0 Å². The van der Waals surface area contributed by atoms with Crippen LogP contribution in [-0.4, -0.2) is 22.4 Å². The van der Waals surface area contributed by atoms with Crippen molar-refractivity contribution < 1.29 is 4.79 Å². The number of carbonyl (C=O) groups excluding carboxylic acids is 1. The van der Waals surface area contributed by atoms with Crippen LogP contribution in [0.3, 0.4) is 0 Å². The summed E-state index contributed by atoms with van der Waals surface area (Å²) in [4.78, 5) is 20.8. The van der Waals surface area contributed by atoms with E-state index in [2.05, 4.69) is 20.6 Å². The number of amides is 1. The van der Waals surface area contributed by atoms with Gasteiger partial charge in [0, 0.05) is 29.6 Å². The molecule has 2 aromatic carbocycles. The molecule has 0 bridgehead atoms. The first-order chi connectivity index (χ1) is 13.0. The molecular weight excluding hydrogens is 360 g/mol. The average molecular weight is 381 g/mol. The summed E-state index contributed by atoms with van der Waals surface area (Å²) in [5.74, 6) is 0.253. The second-order valence-corrected chi connectivity index (χ2v) is 6.79. The molecule has 6 heteroatoms. The summed E-state index contributed by atoms with van der Waals surface area (Å²) in [6.07, 6.45) is 3.84. The van der Waals surface area contributed by atoms with Gasteiger partial charge in [-0.05, 0) is 61.2 Å². The number of carbonyl (C=O) groups is 1. The Morgan fingerprint density at radius 3 is 2.52 bits per heavy atom. The summed E-state index contributed by atoms with van der Waals surface area (Å²) in [5, 5.41) is 6.73. The van der Waals surface area contributed by atoms with Crippen molar-refractivity contribution in [2.75, 3.05) is 17.2 Å². The van der Waals surface area contributed by atoms with Gasteiger partial charge in [-0.1, -0.05) is 29.8 Å². The minimum Gasteiger partial charge on any atom is -0.354 e. The van der Waals surface area contributed by atoms with Crippen LogP contribution in [-0.2, 0) is 6.42 Å². The topological polar surface area (TPSA) is 66.9 Å². The molecule has 3 aromatic rings. The SMILES string of the molecule is Cc1ccc(NC(=O)c2cnc(NCCc3cccc(Cl)c3)nc2)cc1C. The number of hydrogen-bond acceptors (Lipinski definition) is 4. The fourth-order valence-electron chi connectivity index (χ4n) is 2.57. The van der Waals surface area contributed by atoms with Crippen molar-refractivity contribution in [1.29, 1.82) is 0 Å². The van der Waals surface area contributed by atoms with Crippen LogP contribution < -0.4 is 10.6 Å². The Hall–Kier alpha value is -2.92. The molecule has 1 aromatic heterocycles. The first-order valence-corrected chi connectivity index (χ1v) is 9.08. The third kappa shape index (κ3) is 5.28. The van der Waals surface area contributed by atoms with E-state index in [4.69, 9.17) is 11.6 Å². The lowest BCUT2D eigenvalue weighted by Crippen LogP contribution is -2.14. The second kappa shape index (κ2) is 8.64. The monoisotopic (exact) mass is 380 g/mol.